The van der Waals surface area contributed by atoms with Crippen LogP contribution in [0.15, 0.2) is 42.5 Å². The molecule has 0 spiro atoms. The van der Waals surface area contributed by atoms with Gasteiger partial charge in [-0.25, -0.2) is 4.39 Å². The predicted octanol–water partition coefficient (Wildman–Crippen LogP) is 4.44. The Labute approximate surface area is 101 Å². The molecule has 93 valence electrons. The summed E-state index contributed by atoms with van der Waals surface area (Å²) in [7, 11) is 0. The van der Waals surface area contributed by atoms with E-state index in [2.05, 4.69) is 6.07 Å². The lowest BCUT2D eigenvalue weighted by atomic mass is 10.2. The van der Waals surface area contributed by atoms with Crippen LogP contribution >= 0.6 is 0 Å². The van der Waals surface area contributed by atoms with E-state index < -0.39 is 23.3 Å². The minimum Gasteiger partial charge on any atom is -0.456 e. The van der Waals surface area contributed by atoms with Crippen LogP contribution < -0.4 is 4.74 Å². The fourth-order valence-electron chi connectivity index (χ4n) is 1.41. The Balaban J connectivity index is 2.43. The second-order valence-electron chi connectivity index (χ2n) is 3.44. The molecule has 2 aromatic rings. The zero-order valence-electron chi connectivity index (χ0n) is 8.96. The zero-order valence-corrected chi connectivity index (χ0v) is 8.96. The lowest BCUT2D eigenvalue weighted by Crippen LogP contribution is -2.10. The van der Waals surface area contributed by atoms with Gasteiger partial charge in [-0.15, -0.1) is 0 Å². The van der Waals surface area contributed by atoms with Crippen LogP contribution in [0.2, 0.25) is 0 Å². The van der Waals surface area contributed by atoms with Gasteiger partial charge in [0.2, 0.25) is 0 Å². The number of halogens is 4. The lowest BCUT2D eigenvalue weighted by Gasteiger charge is -2.13. The molecule has 0 aliphatic carbocycles. The largest absolute Gasteiger partial charge is 0.456 e. The van der Waals surface area contributed by atoms with Gasteiger partial charge in [-0.1, -0.05) is 18.2 Å². The molecule has 0 amide bonds. The number of benzene rings is 2. The maximum atomic E-state index is 13.2. The minimum absolute atomic E-state index is 0.185. The normalized spacial score (nSPS) is 11.3. The first kappa shape index (κ1) is 12.4. The van der Waals surface area contributed by atoms with E-state index in [1.807, 2.05) is 0 Å². The lowest BCUT2D eigenvalue weighted by molar-refractivity contribution is -0.141. The standard InChI is InChI=1S/C13H7F4O/c14-10-7-4-8-11(12(10)13(15,16)17)18-9-5-2-1-3-6-9/h1-7H. The Hall–Kier alpha value is -2.04. The van der Waals surface area contributed by atoms with Crippen LogP contribution in [0.4, 0.5) is 17.6 Å². The van der Waals surface area contributed by atoms with Crippen LogP contribution in [-0.4, -0.2) is 0 Å². The van der Waals surface area contributed by atoms with Gasteiger partial charge in [0.1, 0.15) is 17.1 Å². The van der Waals surface area contributed by atoms with Crippen molar-refractivity contribution in [2.45, 2.75) is 6.18 Å². The van der Waals surface area contributed by atoms with E-state index >= 15 is 0 Å². The van der Waals surface area contributed by atoms with Crippen molar-refractivity contribution in [3.63, 3.8) is 0 Å². The Morgan fingerprint density at radius 2 is 1.67 bits per heavy atom. The maximum Gasteiger partial charge on any atom is 0.422 e. The first-order valence-electron chi connectivity index (χ1n) is 4.99. The molecule has 2 rings (SSSR count). The molecule has 0 N–H and O–H groups in total. The second kappa shape index (κ2) is 4.68. The minimum atomic E-state index is -4.83. The first-order chi connectivity index (χ1) is 8.48. The average molecular weight is 255 g/mol. The van der Waals surface area contributed by atoms with Crippen LogP contribution in [0.1, 0.15) is 5.56 Å². The van der Waals surface area contributed by atoms with Gasteiger partial charge in [-0.3, -0.25) is 0 Å². The van der Waals surface area contributed by atoms with Crippen molar-refractivity contribution in [2.75, 3.05) is 0 Å². The molecule has 0 unspecified atom stereocenters. The van der Waals surface area contributed by atoms with Crippen LogP contribution in [-0.2, 0) is 6.18 Å². The summed E-state index contributed by atoms with van der Waals surface area (Å²) in [5, 5.41) is 0. The van der Waals surface area contributed by atoms with E-state index in [0.717, 1.165) is 6.07 Å². The van der Waals surface area contributed by atoms with Gasteiger partial charge >= 0.3 is 6.18 Å². The molecular weight excluding hydrogens is 248 g/mol. The van der Waals surface area contributed by atoms with E-state index in [9.17, 15) is 17.6 Å². The fourth-order valence-corrected chi connectivity index (χ4v) is 1.41. The van der Waals surface area contributed by atoms with Crippen molar-refractivity contribution < 1.29 is 22.3 Å². The van der Waals surface area contributed by atoms with Gasteiger partial charge in [-0.05, 0) is 24.3 Å². The molecule has 0 heterocycles. The summed E-state index contributed by atoms with van der Waals surface area (Å²) < 4.78 is 56.2. The van der Waals surface area contributed by atoms with Gasteiger partial charge in [0.15, 0.2) is 5.75 Å². The quantitative estimate of drug-likeness (QED) is 0.721. The number of para-hydroxylation sites is 1. The van der Waals surface area contributed by atoms with Crippen molar-refractivity contribution in [3.8, 4) is 11.5 Å². The molecule has 0 aliphatic heterocycles. The highest BCUT2D eigenvalue weighted by molar-refractivity contribution is 5.39. The van der Waals surface area contributed by atoms with Gasteiger partial charge in [0.25, 0.3) is 0 Å². The van der Waals surface area contributed by atoms with Gasteiger partial charge in [0.05, 0.1) is 0 Å². The third-order valence-corrected chi connectivity index (χ3v) is 2.16. The molecule has 18 heavy (non-hydrogen) atoms. The second-order valence-corrected chi connectivity index (χ2v) is 3.44. The summed E-state index contributed by atoms with van der Waals surface area (Å²) in [6.07, 6.45) is -4.83. The maximum absolute atomic E-state index is 13.2. The molecule has 0 aliphatic rings. The van der Waals surface area contributed by atoms with Crippen molar-refractivity contribution in [1.29, 1.82) is 0 Å². The Kier molecular flexibility index (Phi) is 3.23. The van der Waals surface area contributed by atoms with E-state index in [-0.39, 0.29) is 5.75 Å². The van der Waals surface area contributed by atoms with Crippen LogP contribution in [0.25, 0.3) is 0 Å². The highest BCUT2D eigenvalue weighted by Crippen LogP contribution is 2.39. The smallest absolute Gasteiger partial charge is 0.422 e. The van der Waals surface area contributed by atoms with E-state index in [1.165, 1.54) is 12.1 Å². The van der Waals surface area contributed by atoms with Gasteiger partial charge in [-0.2, -0.15) is 13.2 Å². The van der Waals surface area contributed by atoms with Crippen molar-refractivity contribution in [3.05, 3.63) is 59.9 Å². The van der Waals surface area contributed by atoms with Crippen LogP contribution in [0.3, 0.4) is 0 Å². The summed E-state index contributed by atoms with van der Waals surface area (Å²) in [6.45, 7) is 0. The first-order valence-corrected chi connectivity index (χ1v) is 4.99. The van der Waals surface area contributed by atoms with E-state index in [4.69, 9.17) is 4.74 Å². The monoisotopic (exact) mass is 255 g/mol. The summed E-state index contributed by atoms with van der Waals surface area (Å²) in [5.74, 6) is -1.87. The Bertz CT molecular complexity index is 534. The van der Waals surface area contributed by atoms with E-state index in [1.54, 1.807) is 18.2 Å². The molecule has 2 aromatic carbocycles. The highest BCUT2D eigenvalue weighted by Gasteiger charge is 2.38. The molecule has 0 atom stereocenters. The summed E-state index contributed by atoms with van der Waals surface area (Å²) in [5.41, 5.74) is -1.45. The molecule has 1 nitrogen and oxygen atoms in total. The number of alkyl halides is 3. The molecule has 0 saturated carbocycles. The summed E-state index contributed by atoms with van der Waals surface area (Å²) in [4.78, 5) is 0. The highest BCUT2D eigenvalue weighted by atomic mass is 19.4. The molecular formula is C13H7F4O. The Morgan fingerprint density at radius 3 is 2.28 bits per heavy atom. The van der Waals surface area contributed by atoms with Gasteiger partial charge < -0.3 is 4.74 Å². The molecule has 0 aromatic heterocycles. The molecule has 0 saturated heterocycles. The molecule has 1 radical (unpaired) electrons. The van der Waals surface area contributed by atoms with Crippen LogP contribution in [0.5, 0.6) is 11.5 Å². The Morgan fingerprint density at radius 1 is 1.00 bits per heavy atom. The third kappa shape index (κ3) is 2.61. The van der Waals surface area contributed by atoms with Crippen molar-refractivity contribution >= 4 is 0 Å². The predicted molar refractivity (Wildman–Crippen MR) is 56.8 cm³/mol. The third-order valence-electron chi connectivity index (χ3n) is 2.16. The van der Waals surface area contributed by atoms with Crippen LogP contribution in [0, 0.1) is 11.9 Å². The fraction of sp³-hybridized carbons (Fsp3) is 0.0769. The zero-order chi connectivity index (χ0) is 13.2. The van der Waals surface area contributed by atoms with E-state index in [0.29, 0.717) is 6.07 Å². The SMILES string of the molecule is Fc1cc[c]c(Oc2ccccc2)c1C(F)(F)F. The number of hydrogen-bond acceptors (Lipinski definition) is 1. The van der Waals surface area contributed by atoms with Crippen molar-refractivity contribution in [2.24, 2.45) is 0 Å². The topological polar surface area (TPSA) is 9.23 Å². The van der Waals surface area contributed by atoms with Gasteiger partial charge in [0, 0.05) is 6.07 Å². The van der Waals surface area contributed by atoms with Crippen molar-refractivity contribution in [1.82, 2.24) is 0 Å². The average Bonchev–Trinajstić information content (AvgIpc) is 2.28. The number of ether oxygens (including phenoxy) is 1. The molecule has 5 heteroatoms. The number of rotatable bonds is 2. The summed E-state index contributed by atoms with van der Waals surface area (Å²) >= 11 is 0. The molecule has 0 fully saturated rings. The summed E-state index contributed by atoms with van der Waals surface area (Å²) in [6, 6.07) is 11.8. The number of hydrogen-bond donors (Lipinski definition) is 0. The molecule has 0 bridgehead atoms.